The molecule has 6 aliphatic rings. The summed E-state index contributed by atoms with van der Waals surface area (Å²) in [4.78, 5) is 67.8. The van der Waals surface area contributed by atoms with E-state index in [-0.39, 0.29) is 23.5 Å². The number of rotatable bonds is 31. The Labute approximate surface area is 799 Å². The van der Waals surface area contributed by atoms with Crippen LogP contribution in [0.2, 0.25) is 0 Å². The smallest absolute Gasteiger partial charge is 0.253 e. The Kier molecular flexibility index (Phi) is 33.4. The number of methoxy groups -OCH3 is 1. The van der Waals surface area contributed by atoms with Crippen molar-refractivity contribution in [3.63, 3.8) is 0 Å². The van der Waals surface area contributed by atoms with Crippen molar-refractivity contribution in [2.24, 2.45) is 0 Å². The molecule has 18 rings (SSSR count). The van der Waals surface area contributed by atoms with Crippen molar-refractivity contribution >= 4 is 50.4 Å². The first-order valence-corrected chi connectivity index (χ1v) is 49.5. The number of nitrogens with zero attached hydrogens (tertiary/aromatic N) is 15. The van der Waals surface area contributed by atoms with Gasteiger partial charge in [0.1, 0.15) is 46.1 Å². The third kappa shape index (κ3) is 25.5. The van der Waals surface area contributed by atoms with Crippen molar-refractivity contribution in [2.75, 3.05) is 225 Å². The molecule has 6 aliphatic heterocycles. The molecule has 6 saturated heterocycles. The number of aromatic nitrogens is 3. The Morgan fingerprint density at radius 1 is 0.274 bits per heavy atom. The minimum absolute atomic E-state index is 0.0489. The van der Waals surface area contributed by atoms with Crippen LogP contribution in [0, 0.1) is 47.4 Å². The molecule has 714 valence electrons. The van der Waals surface area contributed by atoms with Crippen molar-refractivity contribution in [3.8, 4) is 40.2 Å². The van der Waals surface area contributed by atoms with Gasteiger partial charge in [0.15, 0.2) is 0 Å². The van der Waals surface area contributed by atoms with Gasteiger partial charge in [-0.25, -0.2) is 4.39 Å². The molecule has 0 unspecified atom stereocenters. The SMILES string of the molecule is COc1cccc(CCN2CCN(C(=O)c3ccc(Oc4ccc5c(c4)c(C)c(C)n5CCCN4CCN(C)CC4)cc3)CC2)c1.Cc1c(C)n(CCCN2CCN(C)CC2)c2ccc(Oc3ccc(C(=O)N4CCN(CCc5cccc(F)c5)CC4)cc3)cc12.Cc1c(C)n(CCCN2CCN(C)CC2)c2ccc(Oc3ccc(C(=O)N4CCN(CCc5ccccc5)CC4)cc3)cc12. The van der Waals surface area contributed by atoms with Crippen LogP contribution >= 0.6 is 0 Å². The average molecular weight is 1830 g/mol. The molecule has 0 aliphatic carbocycles. The van der Waals surface area contributed by atoms with E-state index in [1.807, 2.05) is 112 Å². The van der Waals surface area contributed by atoms with Gasteiger partial charge in [-0.15, -0.1) is 0 Å². The summed E-state index contributed by atoms with van der Waals surface area (Å²) in [5.41, 5.74) is 17.4. The summed E-state index contributed by atoms with van der Waals surface area (Å²) in [6.07, 6.45) is 6.27. The number of likely N-dealkylation sites (N-methyl/N-ethyl adjacent to an activating group) is 3. The number of carbonyl (C=O) groups is 3. The van der Waals surface area contributed by atoms with E-state index < -0.39 is 0 Å². The van der Waals surface area contributed by atoms with E-state index in [0.717, 1.165) is 242 Å². The maximum absolute atomic E-state index is 13.5. The number of hydrogen-bond acceptors (Lipinski definition) is 16. The third-order valence-corrected chi connectivity index (χ3v) is 29.2. The Hall–Kier alpha value is -11.2. The molecule has 0 spiro atoms. The minimum atomic E-state index is -0.191. The lowest BCUT2D eigenvalue weighted by atomic mass is 10.1. The highest BCUT2D eigenvalue weighted by Gasteiger charge is 2.28. The van der Waals surface area contributed by atoms with Crippen LogP contribution in [0.5, 0.6) is 40.2 Å². The fraction of sp³-hybridized carbons (Fsp3) is 0.438. The summed E-state index contributed by atoms with van der Waals surface area (Å²) in [6.45, 7) is 46.3. The fourth-order valence-electron chi connectivity index (χ4n) is 20.0. The Morgan fingerprint density at radius 2 is 0.556 bits per heavy atom. The molecule has 12 aromatic rings. The van der Waals surface area contributed by atoms with Gasteiger partial charge in [-0.05, 0) is 306 Å². The minimum Gasteiger partial charge on any atom is -0.497 e. The van der Waals surface area contributed by atoms with Crippen molar-refractivity contribution in [1.82, 2.24) is 72.5 Å². The molecule has 0 saturated carbocycles. The highest BCUT2D eigenvalue weighted by Crippen LogP contribution is 2.37. The summed E-state index contributed by atoms with van der Waals surface area (Å²) in [7, 11) is 8.32. The first-order chi connectivity index (χ1) is 65.6. The summed E-state index contributed by atoms with van der Waals surface area (Å²) in [6, 6.07) is 67.5. The number of benzene rings is 9. The Morgan fingerprint density at radius 3 is 0.874 bits per heavy atom. The molecule has 6 fully saturated rings. The molecule has 0 atom stereocenters. The number of fused-ring (bicyclic) bond motifs is 3. The molecule has 3 amide bonds. The van der Waals surface area contributed by atoms with E-state index in [1.54, 1.807) is 19.2 Å². The van der Waals surface area contributed by atoms with Gasteiger partial charge in [0.2, 0.25) is 0 Å². The zero-order valence-corrected chi connectivity index (χ0v) is 81.7. The number of hydrogen-bond donors (Lipinski definition) is 0. The monoisotopic (exact) mass is 1830 g/mol. The highest BCUT2D eigenvalue weighted by atomic mass is 19.1. The summed E-state index contributed by atoms with van der Waals surface area (Å²) in [5.74, 6) is 5.57. The van der Waals surface area contributed by atoms with Crippen molar-refractivity contribution in [3.05, 3.63) is 279 Å². The van der Waals surface area contributed by atoms with Crippen LogP contribution < -0.4 is 18.9 Å². The summed E-state index contributed by atoms with van der Waals surface area (Å²) in [5, 5.41) is 3.71. The quantitative estimate of drug-likeness (QED) is 0.0406. The third-order valence-electron chi connectivity index (χ3n) is 29.2. The highest BCUT2D eigenvalue weighted by molar-refractivity contribution is 5.96. The average Bonchev–Trinajstić information content (AvgIpc) is 1.64. The van der Waals surface area contributed by atoms with Crippen LogP contribution in [-0.2, 0) is 38.9 Å². The number of amides is 3. The molecule has 135 heavy (non-hydrogen) atoms. The summed E-state index contributed by atoms with van der Waals surface area (Å²) < 4.78 is 45.0. The largest absolute Gasteiger partial charge is 0.497 e. The van der Waals surface area contributed by atoms with E-state index >= 15 is 0 Å². The fourth-order valence-corrected chi connectivity index (χ4v) is 20.0. The van der Waals surface area contributed by atoms with Gasteiger partial charge >= 0.3 is 0 Å². The lowest BCUT2D eigenvalue weighted by Gasteiger charge is -2.34. The van der Waals surface area contributed by atoms with Crippen molar-refractivity contribution < 1.29 is 37.7 Å². The molecule has 0 N–H and O–H groups in total. The van der Waals surface area contributed by atoms with E-state index in [2.05, 4.69) is 211 Å². The van der Waals surface area contributed by atoms with Gasteiger partial charge in [-0.3, -0.25) is 29.1 Å². The zero-order valence-electron chi connectivity index (χ0n) is 81.7. The van der Waals surface area contributed by atoms with Crippen LogP contribution in [0.25, 0.3) is 32.7 Å². The lowest BCUT2D eigenvalue weighted by molar-refractivity contribution is 0.0632. The molecule has 9 aromatic carbocycles. The van der Waals surface area contributed by atoms with Crippen LogP contribution in [0.4, 0.5) is 4.39 Å². The first kappa shape index (κ1) is 96.9. The van der Waals surface area contributed by atoms with Gasteiger partial charge in [-0.1, -0.05) is 54.6 Å². The Balaban J connectivity index is 0.000000147. The summed E-state index contributed by atoms with van der Waals surface area (Å²) >= 11 is 0. The molecule has 23 heteroatoms. The molecular formula is C112H142FN15O7. The molecule has 0 bridgehead atoms. The predicted octanol–water partition coefficient (Wildman–Crippen LogP) is 17.2. The maximum Gasteiger partial charge on any atom is 0.253 e. The second-order valence-corrected chi connectivity index (χ2v) is 38.1. The van der Waals surface area contributed by atoms with Crippen molar-refractivity contribution in [2.45, 2.75) is 99.7 Å². The lowest BCUT2D eigenvalue weighted by Crippen LogP contribution is -2.49. The van der Waals surface area contributed by atoms with Gasteiger partial charge in [0, 0.05) is 263 Å². The molecule has 3 aromatic heterocycles. The molecule has 22 nitrogen and oxygen atoms in total. The first-order valence-electron chi connectivity index (χ1n) is 49.5. The van der Waals surface area contributed by atoms with Crippen LogP contribution in [-0.4, -0.2) is 315 Å². The second kappa shape index (κ2) is 46.5. The van der Waals surface area contributed by atoms with Gasteiger partial charge in [0.05, 0.1) is 7.11 Å². The number of halogens is 1. The maximum atomic E-state index is 13.5. The van der Waals surface area contributed by atoms with E-state index in [9.17, 15) is 18.8 Å². The van der Waals surface area contributed by atoms with Crippen molar-refractivity contribution in [1.29, 1.82) is 0 Å². The number of ether oxygens (including phenoxy) is 4. The van der Waals surface area contributed by atoms with Gasteiger partial charge in [0.25, 0.3) is 17.7 Å². The van der Waals surface area contributed by atoms with Gasteiger partial charge in [-0.2, -0.15) is 0 Å². The second-order valence-electron chi connectivity index (χ2n) is 38.1. The van der Waals surface area contributed by atoms with E-state index in [4.69, 9.17) is 18.9 Å². The van der Waals surface area contributed by atoms with E-state index in [1.165, 1.54) is 123 Å². The number of aryl methyl sites for hydroxylation is 6. The normalized spacial score (nSPS) is 16.8. The van der Waals surface area contributed by atoms with Crippen LogP contribution in [0.15, 0.2) is 206 Å². The predicted molar refractivity (Wildman–Crippen MR) is 543 cm³/mol. The van der Waals surface area contributed by atoms with Gasteiger partial charge < -0.3 is 76.7 Å². The van der Waals surface area contributed by atoms with Crippen LogP contribution in [0.1, 0.15) is 101 Å². The molecular weight excluding hydrogens is 1690 g/mol. The molecule has 9 heterocycles. The number of piperazine rings is 6. The van der Waals surface area contributed by atoms with E-state index in [0.29, 0.717) is 35.5 Å². The topological polar surface area (TPSA) is 142 Å². The molecule has 0 radical (unpaired) electrons. The standard InChI is InChI=1S/C38H49N5O3.C37H46FN5O2.C37H47N5O2/c1-29-30(2)43(17-6-16-40-21-19-39(3)20-22-40)37-14-13-35(28-36(29)37)46-33-11-9-32(10-12-33)38(44)42-25-23-41(24-26-42)18-15-31-7-5-8-34(27-31)45-4;1-28-29(2)43(16-5-15-40-20-18-39(3)19-21-40)36-13-12-34(27-35(28)36)45-33-10-8-31(9-11-33)37(44)42-24-22-41(23-25-42)17-14-30-6-4-7-32(38)26-30;1-29-30(2)42(18-7-17-39-22-20-38(3)21-23-39)36-15-14-34(28-35(29)36)44-33-12-10-32(11-13-33)37(43)41-26-24-40(25-27-41)19-16-31-8-5-4-6-9-31/h5,7-14,27-28H,6,15-26H2,1-4H3;4,6-13,26-27H,5,14-25H2,1-3H3;4-6,8-15,28H,7,16-27H2,1-3H3. The zero-order chi connectivity index (χ0) is 93.9. The Bertz CT molecular complexity index is 5890. The van der Waals surface area contributed by atoms with Crippen LogP contribution in [0.3, 0.4) is 0 Å². The number of carbonyl (C=O) groups excluding carboxylic acids is 3.